The highest BCUT2D eigenvalue weighted by molar-refractivity contribution is 7.99. The first kappa shape index (κ1) is 25.5. The van der Waals surface area contributed by atoms with E-state index in [9.17, 15) is 4.79 Å². The number of fused-ring (bicyclic) bond motifs is 1. The Hall–Kier alpha value is -1.80. The molecule has 0 spiro atoms. The molecule has 0 radical (unpaired) electrons. The Labute approximate surface area is 199 Å². The molecule has 0 N–H and O–H groups in total. The first-order chi connectivity index (χ1) is 14.5. The fourth-order valence-corrected chi connectivity index (χ4v) is 4.98. The maximum atomic E-state index is 13.1. The summed E-state index contributed by atoms with van der Waals surface area (Å²) in [5.41, 5.74) is 2.14. The van der Waals surface area contributed by atoms with E-state index in [0.717, 1.165) is 45.4 Å². The summed E-state index contributed by atoms with van der Waals surface area (Å²) in [6, 6.07) is 14.2. The largest absolute Gasteiger partial charge is 0.497 e. The molecular weight excluding hydrogens is 450 g/mol. The van der Waals surface area contributed by atoms with Crippen LogP contribution in [0.1, 0.15) is 18.4 Å². The van der Waals surface area contributed by atoms with Crippen LogP contribution in [-0.2, 0) is 4.79 Å². The highest BCUT2D eigenvalue weighted by Gasteiger charge is 2.20. The molecule has 0 aliphatic heterocycles. The van der Waals surface area contributed by atoms with E-state index in [1.54, 1.807) is 30.2 Å². The topological polar surface area (TPSA) is 45.7 Å². The molecule has 0 aliphatic carbocycles. The zero-order valence-corrected chi connectivity index (χ0v) is 20.9. The van der Waals surface area contributed by atoms with Crippen LogP contribution in [0.3, 0.4) is 0 Å². The third-order valence-corrected chi connectivity index (χ3v) is 6.92. The number of anilines is 1. The number of aryl methyl sites for hydroxylation is 1. The molecule has 8 heteroatoms. The van der Waals surface area contributed by atoms with E-state index >= 15 is 0 Å². The number of benzene rings is 2. The lowest BCUT2D eigenvalue weighted by atomic mass is 10.2. The molecule has 0 atom stereocenters. The SMILES string of the molecule is COc1ccc(SCCCC(=O)N(CCN(C)C)c2nc3c(C)cccc3s2)cc1.Cl. The number of carbonyl (C=O) groups excluding carboxylic acids is 1. The van der Waals surface area contributed by atoms with E-state index in [0.29, 0.717) is 13.0 Å². The molecule has 31 heavy (non-hydrogen) atoms. The van der Waals surface area contributed by atoms with Gasteiger partial charge in [0.25, 0.3) is 0 Å². The monoisotopic (exact) mass is 479 g/mol. The minimum Gasteiger partial charge on any atom is -0.497 e. The Morgan fingerprint density at radius 2 is 1.87 bits per heavy atom. The number of carbonyl (C=O) groups is 1. The van der Waals surface area contributed by atoms with Crippen LogP contribution < -0.4 is 9.64 Å². The molecule has 1 aromatic heterocycles. The van der Waals surface area contributed by atoms with Crippen LogP contribution in [0.4, 0.5) is 5.13 Å². The van der Waals surface area contributed by atoms with Crippen LogP contribution in [-0.4, -0.2) is 55.8 Å². The van der Waals surface area contributed by atoms with Gasteiger partial charge < -0.3 is 9.64 Å². The van der Waals surface area contributed by atoms with Crippen molar-refractivity contribution < 1.29 is 9.53 Å². The minimum atomic E-state index is 0. The van der Waals surface area contributed by atoms with E-state index < -0.39 is 0 Å². The Balaban J connectivity index is 0.00000341. The number of amides is 1. The fourth-order valence-electron chi connectivity index (χ4n) is 3.04. The van der Waals surface area contributed by atoms with Gasteiger partial charge in [-0.1, -0.05) is 23.5 Å². The molecule has 0 bridgehead atoms. The van der Waals surface area contributed by atoms with Crippen LogP contribution in [0.15, 0.2) is 47.4 Å². The lowest BCUT2D eigenvalue weighted by Gasteiger charge is -2.22. The summed E-state index contributed by atoms with van der Waals surface area (Å²) in [6.45, 7) is 3.52. The average molecular weight is 480 g/mol. The second-order valence-electron chi connectivity index (χ2n) is 7.39. The fraction of sp³-hybridized carbons (Fsp3) is 0.391. The predicted octanol–water partition coefficient (Wildman–Crippen LogP) is 5.50. The summed E-state index contributed by atoms with van der Waals surface area (Å²) in [6.07, 6.45) is 1.35. The third kappa shape index (κ3) is 7.10. The number of thioether (sulfide) groups is 1. The Morgan fingerprint density at radius 1 is 1.13 bits per heavy atom. The zero-order valence-electron chi connectivity index (χ0n) is 18.5. The molecule has 1 amide bonds. The van der Waals surface area contributed by atoms with Crippen molar-refractivity contribution in [3.8, 4) is 5.75 Å². The van der Waals surface area contributed by atoms with Crippen LogP contribution >= 0.6 is 35.5 Å². The number of rotatable bonds is 10. The number of hydrogen-bond acceptors (Lipinski definition) is 6. The maximum absolute atomic E-state index is 13.1. The molecule has 1 heterocycles. The lowest BCUT2D eigenvalue weighted by molar-refractivity contribution is -0.118. The number of aromatic nitrogens is 1. The molecule has 3 aromatic rings. The van der Waals surface area contributed by atoms with Gasteiger partial charge in [-0.05, 0) is 69.1 Å². The van der Waals surface area contributed by atoms with Crippen molar-refractivity contribution in [1.29, 1.82) is 0 Å². The Kier molecular flexibility index (Phi) is 10.1. The highest BCUT2D eigenvalue weighted by Crippen LogP contribution is 2.31. The smallest absolute Gasteiger partial charge is 0.228 e. The van der Waals surface area contributed by atoms with Gasteiger partial charge in [0.05, 0.1) is 17.3 Å². The van der Waals surface area contributed by atoms with E-state index in [-0.39, 0.29) is 18.3 Å². The van der Waals surface area contributed by atoms with Gasteiger partial charge in [0.1, 0.15) is 5.75 Å². The first-order valence-electron chi connectivity index (χ1n) is 10.1. The normalized spacial score (nSPS) is 10.9. The van der Waals surface area contributed by atoms with E-state index in [1.165, 1.54) is 4.90 Å². The number of thiazole rings is 1. The van der Waals surface area contributed by atoms with Gasteiger partial charge >= 0.3 is 0 Å². The van der Waals surface area contributed by atoms with Crippen LogP contribution in [0, 0.1) is 6.92 Å². The minimum absolute atomic E-state index is 0. The van der Waals surface area contributed by atoms with Crippen LogP contribution in [0.2, 0.25) is 0 Å². The molecule has 0 saturated heterocycles. The molecular formula is C23H30ClN3O2S2. The van der Waals surface area contributed by atoms with Crippen molar-refractivity contribution in [3.63, 3.8) is 0 Å². The van der Waals surface area contributed by atoms with Crippen molar-refractivity contribution >= 4 is 56.8 Å². The summed E-state index contributed by atoms with van der Waals surface area (Å²) in [7, 11) is 5.72. The quantitative estimate of drug-likeness (QED) is 0.283. The van der Waals surface area contributed by atoms with Crippen molar-refractivity contribution in [1.82, 2.24) is 9.88 Å². The van der Waals surface area contributed by atoms with E-state index in [2.05, 4.69) is 36.1 Å². The van der Waals surface area contributed by atoms with E-state index in [4.69, 9.17) is 9.72 Å². The summed E-state index contributed by atoms with van der Waals surface area (Å²) in [4.78, 5) is 23.0. The standard InChI is InChI=1S/C23H29N3O2S2.ClH/c1-17-7-5-8-20-22(17)24-23(30-20)26(15-14-25(2)3)21(27)9-6-16-29-19-12-10-18(28-4)11-13-19;/h5,7-8,10-13H,6,9,14-16H2,1-4H3;1H. The Morgan fingerprint density at radius 3 is 2.52 bits per heavy atom. The number of para-hydroxylation sites is 1. The molecule has 0 unspecified atom stereocenters. The predicted molar refractivity (Wildman–Crippen MR) is 135 cm³/mol. The molecule has 0 fully saturated rings. The average Bonchev–Trinajstić information content (AvgIpc) is 3.17. The summed E-state index contributed by atoms with van der Waals surface area (Å²) >= 11 is 3.36. The number of nitrogens with zero attached hydrogens (tertiary/aromatic N) is 3. The second-order valence-corrected chi connectivity index (χ2v) is 9.57. The first-order valence-corrected chi connectivity index (χ1v) is 11.9. The summed E-state index contributed by atoms with van der Waals surface area (Å²) in [5, 5.41) is 0.800. The highest BCUT2D eigenvalue weighted by atomic mass is 35.5. The van der Waals surface area contributed by atoms with Crippen LogP contribution in [0.25, 0.3) is 10.2 Å². The third-order valence-electron chi connectivity index (χ3n) is 4.78. The molecule has 0 saturated carbocycles. The van der Waals surface area contributed by atoms with Gasteiger partial charge in [-0.25, -0.2) is 4.98 Å². The number of likely N-dealkylation sites (N-methyl/N-ethyl adjacent to an activating group) is 1. The molecule has 3 rings (SSSR count). The van der Waals surface area contributed by atoms with E-state index in [1.807, 2.05) is 37.2 Å². The molecule has 0 aliphatic rings. The second kappa shape index (κ2) is 12.3. The maximum Gasteiger partial charge on any atom is 0.228 e. The lowest BCUT2D eigenvalue weighted by Crippen LogP contribution is -2.36. The summed E-state index contributed by atoms with van der Waals surface area (Å²) in [5.74, 6) is 1.90. The number of methoxy groups -OCH3 is 1. The van der Waals surface area contributed by atoms with Gasteiger partial charge in [0.2, 0.25) is 5.91 Å². The molecule has 2 aromatic carbocycles. The van der Waals surface area contributed by atoms with Gasteiger partial charge in [-0.3, -0.25) is 9.69 Å². The van der Waals surface area contributed by atoms with Gasteiger partial charge in [0, 0.05) is 24.4 Å². The van der Waals surface area contributed by atoms with Gasteiger partial charge in [0.15, 0.2) is 5.13 Å². The van der Waals surface area contributed by atoms with Crippen LogP contribution in [0.5, 0.6) is 5.75 Å². The van der Waals surface area contributed by atoms with Crippen molar-refractivity contribution in [2.75, 3.05) is 44.9 Å². The van der Waals surface area contributed by atoms with Crippen molar-refractivity contribution in [2.45, 2.75) is 24.7 Å². The molecule has 5 nitrogen and oxygen atoms in total. The van der Waals surface area contributed by atoms with Gasteiger partial charge in [-0.2, -0.15) is 0 Å². The number of halogens is 1. The Bertz CT molecular complexity index is 977. The van der Waals surface area contributed by atoms with Crippen molar-refractivity contribution in [2.24, 2.45) is 0 Å². The summed E-state index contributed by atoms with van der Waals surface area (Å²) < 4.78 is 6.32. The molecule has 168 valence electrons. The van der Waals surface area contributed by atoms with Crippen molar-refractivity contribution in [3.05, 3.63) is 48.0 Å². The van der Waals surface area contributed by atoms with Gasteiger partial charge in [-0.15, -0.1) is 24.2 Å². The number of hydrogen-bond donors (Lipinski definition) is 0. The zero-order chi connectivity index (χ0) is 21.5. The number of ether oxygens (including phenoxy) is 1.